The van der Waals surface area contributed by atoms with Crippen LogP contribution in [0.4, 0.5) is 0 Å². The molecule has 1 heterocycles. The highest BCUT2D eigenvalue weighted by Gasteiger charge is 2.20. The smallest absolute Gasteiger partial charge is 0.0697 e. The van der Waals surface area contributed by atoms with Crippen LogP contribution in [0.5, 0.6) is 0 Å². The summed E-state index contributed by atoms with van der Waals surface area (Å²) in [6.45, 7) is 6.39. The molecule has 3 nitrogen and oxygen atoms in total. The van der Waals surface area contributed by atoms with E-state index in [1.165, 1.54) is 0 Å². The molecule has 1 aliphatic rings. The zero-order chi connectivity index (χ0) is 9.73. The molecule has 13 heavy (non-hydrogen) atoms. The SMILES string of the molecule is CC(C)(C#N)CNC1CCOCC1. The highest BCUT2D eigenvalue weighted by atomic mass is 16.5. The second kappa shape index (κ2) is 4.59. The molecule has 3 heteroatoms. The fourth-order valence-corrected chi connectivity index (χ4v) is 1.34. The quantitative estimate of drug-likeness (QED) is 0.715. The van der Waals surface area contributed by atoms with Gasteiger partial charge in [0.1, 0.15) is 0 Å². The van der Waals surface area contributed by atoms with Gasteiger partial charge in [0, 0.05) is 25.8 Å². The van der Waals surface area contributed by atoms with Gasteiger partial charge in [0.2, 0.25) is 0 Å². The van der Waals surface area contributed by atoms with Gasteiger partial charge in [-0.2, -0.15) is 5.26 Å². The van der Waals surface area contributed by atoms with Crippen molar-refractivity contribution in [3.8, 4) is 6.07 Å². The van der Waals surface area contributed by atoms with Crippen LogP contribution in [0, 0.1) is 16.7 Å². The van der Waals surface area contributed by atoms with Crippen molar-refractivity contribution in [1.29, 1.82) is 5.26 Å². The minimum atomic E-state index is -0.252. The summed E-state index contributed by atoms with van der Waals surface area (Å²) in [4.78, 5) is 0. The summed E-state index contributed by atoms with van der Waals surface area (Å²) >= 11 is 0. The standard InChI is InChI=1S/C10H18N2O/c1-10(2,7-11)8-12-9-3-5-13-6-4-9/h9,12H,3-6,8H2,1-2H3. The van der Waals surface area contributed by atoms with Crippen molar-refractivity contribution in [3.05, 3.63) is 0 Å². The van der Waals surface area contributed by atoms with Gasteiger partial charge in [-0.1, -0.05) is 0 Å². The third kappa shape index (κ3) is 3.75. The number of nitrogens with one attached hydrogen (secondary N) is 1. The fraction of sp³-hybridized carbons (Fsp3) is 0.900. The lowest BCUT2D eigenvalue weighted by molar-refractivity contribution is 0.0764. The minimum absolute atomic E-state index is 0.252. The zero-order valence-corrected chi connectivity index (χ0v) is 8.47. The van der Waals surface area contributed by atoms with Crippen LogP contribution in [-0.4, -0.2) is 25.8 Å². The van der Waals surface area contributed by atoms with Crippen LogP contribution in [0.1, 0.15) is 26.7 Å². The Hall–Kier alpha value is -0.590. The number of nitriles is 1. The molecule has 0 radical (unpaired) electrons. The van der Waals surface area contributed by atoms with Crippen molar-refractivity contribution in [2.45, 2.75) is 32.7 Å². The summed E-state index contributed by atoms with van der Waals surface area (Å²) in [5.74, 6) is 0. The number of hydrogen-bond acceptors (Lipinski definition) is 3. The van der Waals surface area contributed by atoms with E-state index in [1.54, 1.807) is 0 Å². The van der Waals surface area contributed by atoms with Gasteiger partial charge in [0.25, 0.3) is 0 Å². The summed E-state index contributed by atoms with van der Waals surface area (Å²) in [6, 6.07) is 2.83. The highest BCUT2D eigenvalue weighted by Crippen LogP contribution is 2.13. The van der Waals surface area contributed by atoms with Crippen molar-refractivity contribution in [3.63, 3.8) is 0 Å². The Morgan fingerprint density at radius 3 is 2.62 bits per heavy atom. The zero-order valence-electron chi connectivity index (χ0n) is 8.47. The van der Waals surface area contributed by atoms with E-state index in [0.717, 1.165) is 32.6 Å². The molecule has 0 aromatic heterocycles. The minimum Gasteiger partial charge on any atom is -0.381 e. The maximum atomic E-state index is 8.81. The molecule has 1 N–H and O–H groups in total. The topological polar surface area (TPSA) is 45.0 Å². The van der Waals surface area contributed by atoms with Gasteiger partial charge < -0.3 is 10.1 Å². The molecule has 0 aliphatic carbocycles. The first kappa shape index (κ1) is 10.5. The van der Waals surface area contributed by atoms with Crippen LogP contribution in [0.15, 0.2) is 0 Å². The fourth-order valence-electron chi connectivity index (χ4n) is 1.34. The van der Waals surface area contributed by atoms with Crippen LogP contribution in [-0.2, 0) is 4.74 Å². The molecule has 0 aromatic carbocycles. The Kier molecular flexibility index (Phi) is 3.71. The molecular weight excluding hydrogens is 164 g/mol. The van der Waals surface area contributed by atoms with E-state index in [4.69, 9.17) is 10.00 Å². The molecule has 0 atom stereocenters. The summed E-state index contributed by atoms with van der Waals surface area (Å²) in [6.07, 6.45) is 2.14. The van der Waals surface area contributed by atoms with Crippen molar-refractivity contribution in [2.24, 2.45) is 5.41 Å². The maximum absolute atomic E-state index is 8.81. The van der Waals surface area contributed by atoms with Crippen molar-refractivity contribution in [2.75, 3.05) is 19.8 Å². The van der Waals surface area contributed by atoms with Crippen LogP contribution in [0.3, 0.4) is 0 Å². The third-order valence-corrected chi connectivity index (χ3v) is 2.36. The highest BCUT2D eigenvalue weighted by molar-refractivity contribution is 4.94. The van der Waals surface area contributed by atoms with E-state index in [1.807, 2.05) is 13.8 Å². The van der Waals surface area contributed by atoms with Crippen molar-refractivity contribution < 1.29 is 4.74 Å². The van der Waals surface area contributed by atoms with Gasteiger partial charge in [-0.05, 0) is 26.7 Å². The molecule has 0 saturated carbocycles. The number of nitrogens with zero attached hydrogens (tertiary/aromatic N) is 1. The summed E-state index contributed by atoms with van der Waals surface area (Å²) < 4.78 is 5.25. The molecule has 74 valence electrons. The molecule has 1 fully saturated rings. The molecule has 0 spiro atoms. The monoisotopic (exact) mass is 182 g/mol. The molecule has 0 aromatic rings. The molecule has 0 amide bonds. The van der Waals surface area contributed by atoms with Crippen LogP contribution in [0.25, 0.3) is 0 Å². The Balaban J connectivity index is 2.22. The lowest BCUT2D eigenvalue weighted by Gasteiger charge is -2.26. The predicted molar refractivity (Wildman–Crippen MR) is 51.2 cm³/mol. The lowest BCUT2D eigenvalue weighted by atomic mass is 9.95. The first-order chi connectivity index (χ1) is 6.14. The number of rotatable bonds is 3. The van der Waals surface area contributed by atoms with Crippen LogP contribution < -0.4 is 5.32 Å². The summed E-state index contributed by atoms with van der Waals surface area (Å²) in [7, 11) is 0. The summed E-state index contributed by atoms with van der Waals surface area (Å²) in [5.41, 5.74) is -0.252. The third-order valence-electron chi connectivity index (χ3n) is 2.36. The molecule has 0 bridgehead atoms. The summed E-state index contributed by atoms with van der Waals surface area (Å²) in [5, 5.41) is 12.2. The Labute approximate surface area is 80.1 Å². The van der Waals surface area contributed by atoms with E-state index in [0.29, 0.717) is 6.04 Å². The van der Waals surface area contributed by atoms with Gasteiger partial charge in [0.15, 0.2) is 0 Å². The van der Waals surface area contributed by atoms with E-state index in [2.05, 4.69) is 11.4 Å². The molecule has 1 aliphatic heterocycles. The van der Waals surface area contributed by atoms with Gasteiger partial charge in [-0.25, -0.2) is 0 Å². The largest absolute Gasteiger partial charge is 0.381 e. The van der Waals surface area contributed by atoms with Gasteiger partial charge in [-0.15, -0.1) is 0 Å². The van der Waals surface area contributed by atoms with Crippen molar-refractivity contribution >= 4 is 0 Å². The second-order valence-electron chi connectivity index (χ2n) is 4.26. The van der Waals surface area contributed by atoms with E-state index < -0.39 is 0 Å². The first-order valence-electron chi connectivity index (χ1n) is 4.86. The van der Waals surface area contributed by atoms with Crippen LogP contribution >= 0.6 is 0 Å². The lowest BCUT2D eigenvalue weighted by Crippen LogP contribution is -2.39. The molecular formula is C10H18N2O. The molecule has 1 saturated heterocycles. The maximum Gasteiger partial charge on any atom is 0.0697 e. The Morgan fingerprint density at radius 2 is 2.08 bits per heavy atom. The van der Waals surface area contributed by atoms with Gasteiger partial charge >= 0.3 is 0 Å². The van der Waals surface area contributed by atoms with Gasteiger partial charge in [0.05, 0.1) is 11.5 Å². The Morgan fingerprint density at radius 1 is 1.46 bits per heavy atom. The number of ether oxygens (including phenoxy) is 1. The molecule has 0 unspecified atom stereocenters. The predicted octanol–water partition coefficient (Wildman–Crippen LogP) is 1.30. The van der Waals surface area contributed by atoms with Crippen molar-refractivity contribution in [1.82, 2.24) is 5.32 Å². The van der Waals surface area contributed by atoms with Crippen LogP contribution in [0.2, 0.25) is 0 Å². The Bertz CT molecular complexity index is 190. The van der Waals surface area contributed by atoms with Gasteiger partial charge in [-0.3, -0.25) is 0 Å². The van der Waals surface area contributed by atoms with E-state index >= 15 is 0 Å². The van der Waals surface area contributed by atoms with E-state index in [9.17, 15) is 0 Å². The normalized spacial score (nSPS) is 19.8. The van der Waals surface area contributed by atoms with E-state index in [-0.39, 0.29) is 5.41 Å². The second-order valence-corrected chi connectivity index (χ2v) is 4.26. The number of hydrogen-bond donors (Lipinski definition) is 1. The average Bonchev–Trinajstić information content (AvgIpc) is 2.17. The average molecular weight is 182 g/mol. The first-order valence-corrected chi connectivity index (χ1v) is 4.86. The molecule has 1 rings (SSSR count).